The van der Waals surface area contributed by atoms with Crippen molar-refractivity contribution >= 4 is 17.5 Å². The maximum absolute atomic E-state index is 13.6. The first kappa shape index (κ1) is 22.2. The van der Waals surface area contributed by atoms with Crippen LogP contribution in [0.25, 0.3) is 0 Å². The lowest BCUT2D eigenvalue weighted by atomic mass is 10.2. The van der Waals surface area contributed by atoms with Gasteiger partial charge >= 0.3 is 0 Å². The van der Waals surface area contributed by atoms with Crippen molar-refractivity contribution < 1.29 is 23.0 Å². The highest BCUT2D eigenvalue weighted by Crippen LogP contribution is 2.34. The molecule has 1 atom stereocenters. The van der Waals surface area contributed by atoms with Crippen LogP contribution in [0.5, 0.6) is 5.88 Å². The van der Waals surface area contributed by atoms with Gasteiger partial charge in [0.1, 0.15) is 23.8 Å². The molecule has 1 amide bonds. The summed E-state index contributed by atoms with van der Waals surface area (Å²) in [6.07, 6.45) is 3.97. The molecular weight excluding hydrogens is 442 g/mol. The quantitative estimate of drug-likeness (QED) is 0.569. The van der Waals surface area contributed by atoms with E-state index in [4.69, 9.17) is 9.47 Å². The number of amides is 1. The van der Waals surface area contributed by atoms with Gasteiger partial charge in [0.05, 0.1) is 6.10 Å². The largest absolute Gasteiger partial charge is 0.472 e. The highest BCUT2D eigenvalue weighted by Gasteiger charge is 2.26. The van der Waals surface area contributed by atoms with Gasteiger partial charge in [0.15, 0.2) is 0 Å². The van der Waals surface area contributed by atoms with Crippen molar-refractivity contribution in [3.63, 3.8) is 0 Å². The molecular formula is C25H24F2N4O3. The summed E-state index contributed by atoms with van der Waals surface area (Å²) in [7, 11) is 0. The number of fused-ring (bicyclic) bond motifs is 1. The molecule has 7 nitrogen and oxygen atoms in total. The Labute approximate surface area is 195 Å². The first-order valence-electron chi connectivity index (χ1n) is 11.3. The Hall–Kier alpha value is -3.59. The van der Waals surface area contributed by atoms with Gasteiger partial charge in [-0.15, -0.1) is 0 Å². The number of halogens is 2. The van der Waals surface area contributed by atoms with E-state index in [9.17, 15) is 13.6 Å². The van der Waals surface area contributed by atoms with Crippen LogP contribution in [0.3, 0.4) is 0 Å². The monoisotopic (exact) mass is 466 g/mol. The minimum absolute atomic E-state index is 0.00535. The van der Waals surface area contributed by atoms with Gasteiger partial charge in [-0.05, 0) is 60.7 Å². The van der Waals surface area contributed by atoms with Crippen molar-refractivity contribution in [2.45, 2.75) is 32.0 Å². The molecule has 2 aromatic carbocycles. The Morgan fingerprint density at radius 1 is 1.18 bits per heavy atom. The van der Waals surface area contributed by atoms with E-state index in [1.807, 2.05) is 4.90 Å². The molecule has 3 heterocycles. The van der Waals surface area contributed by atoms with E-state index in [0.29, 0.717) is 32.1 Å². The number of carbonyl (C=O) groups is 1. The second-order valence-corrected chi connectivity index (χ2v) is 8.32. The van der Waals surface area contributed by atoms with Crippen molar-refractivity contribution in [2.24, 2.45) is 0 Å². The smallest absolute Gasteiger partial charge is 0.258 e. The highest BCUT2D eigenvalue weighted by molar-refractivity contribution is 5.96. The van der Waals surface area contributed by atoms with Gasteiger partial charge in [-0.25, -0.2) is 13.8 Å². The Morgan fingerprint density at radius 2 is 2.00 bits per heavy atom. The summed E-state index contributed by atoms with van der Waals surface area (Å²) in [6, 6.07) is 10.5. The number of aromatic nitrogens is 2. The molecule has 1 fully saturated rings. The molecule has 1 N–H and O–H groups in total. The molecule has 2 aliphatic rings. The maximum Gasteiger partial charge on any atom is 0.258 e. The third kappa shape index (κ3) is 4.84. The van der Waals surface area contributed by atoms with Gasteiger partial charge < -0.3 is 19.7 Å². The lowest BCUT2D eigenvalue weighted by Crippen LogP contribution is -2.32. The molecule has 1 saturated heterocycles. The lowest BCUT2D eigenvalue weighted by molar-refractivity contribution is 0.0853. The summed E-state index contributed by atoms with van der Waals surface area (Å²) in [6.45, 7) is 1.78. The molecule has 5 rings (SSSR count). The van der Waals surface area contributed by atoms with Gasteiger partial charge in [-0.3, -0.25) is 4.79 Å². The third-order valence-corrected chi connectivity index (χ3v) is 5.97. The molecule has 1 unspecified atom stereocenters. The first-order valence-corrected chi connectivity index (χ1v) is 11.3. The average molecular weight is 466 g/mol. The first-order chi connectivity index (χ1) is 16.6. The summed E-state index contributed by atoms with van der Waals surface area (Å²) in [5.41, 5.74) is 2.62. The van der Waals surface area contributed by atoms with Crippen LogP contribution >= 0.6 is 0 Å². The van der Waals surface area contributed by atoms with E-state index in [-0.39, 0.29) is 41.7 Å². The van der Waals surface area contributed by atoms with Crippen LogP contribution < -0.4 is 15.0 Å². The van der Waals surface area contributed by atoms with E-state index in [0.717, 1.165) is 29.7 Å². The predicted octanol–water partition coefficient (Wildman–Crippen LogP) is 3.94. The number of carbonyl (C=O) groups excluding carboxylic acids is 1. The van der Waals surface area contributed by atoms with E-state index in [2.05, 4.69) is 15.3 Å². The SMILES string of the molecule is O=C(NCC1CCCO1)c1cnc(N2CCc3cc(F)ccc32)nc1OCc1ccc(F)cc1. The van der Waals surface area contributed by atoms with Crippen LogP contribution in [0.4, 0.5) is 20.4 Å². The summed E-state index contributed by atoms with van der Waals surface area (Å²) in [5, 5.41) is 2.87. The van der Waals surface area contributed by atoms with E-state index >= 15 is 0 Å². The lowest BCUT2D eigenvalue weighted by Gasteiger charge is -2.19. The minimum Gasteiger partial charge on any atom is -0.472 e. The number of ether oxygens (including phenoxy) is 2. The fourth-order valence-electron chi connectivity index (χ4n) is 4.17. The van der Waals surface area contributed by atoms with Crippen molar-refractivity contribution in [2.75, 3.05) is 24.6 Å². The van der Waals surface area contributed by atoms with Crippen LogP contribution in [-0.4, -0.2) is 41.7 Å². The topological polar surface area (TPSA) is 76.6 Å². The second-order valence-electron chi connectivity index (χ2n) is 8.32. The Morgan fingerprint density at radius 3 is 2.79 bits per heavy atom. The molecule has 3 aromatic rings. The molecule has 0 aliphatic carbocycles. The molecule has 176 valence electrons. The zero-order valence-electron chi connectivity index (χ0n) is 18.5. The van der Waals surface area contributed by atoms with E-state index in [1.165, 1.54) is 30.5 Å². The van der Waals surface area contributed by atoms with Gasteiger partial charge in [0.2, 0.25) is 11.8 Å². The summed E-state index contributed by atoms with van der Waals surface area (Å²) >= 11 is 0. The van der Waals surface area contributed by atoms with Crippen LogP contribution in [0, 0.1) is 11.6 Å². The van der Waals surface area contributed by atoms with Crippen LogP contribution in [0.15, 0.2) is 48.7 Å². The van der Waals surface area contributed by atoms with Crippen LogP contribution in [0.2, 0.25) is 0 Å². The van der Waals surface area contributed by atoms with Gasteiger partial charge in [-0.2, -0.15) is 4.98 Å². The molecule has 0 saturated carbocycles. The Balaban J connectivity index is 1.40. The fourth-order valence-corrected chi connectivity index (χ4v) is 4.17. The van der Waals surface area contributed by atoms with E-state index < -0.39 is 0 Å². The van der Waals surface area contributed by atoms with Gasteiger partial charge in [0, 0.05) is 31.6 Å². The summed E-state index contributed by atoms with van der Waals surface area (Å²) in [4.78, 5) is 23.7. The Kier molecular flexibility index (Phi) is 6.35. The van der Waals surface area contributed by atoms with Crippen molar-refractivity contribution in [3.05, 3.63) is 77.0 Å². The number of rotatable bonds is 7. The number of hydrogen-bond acceptors (Lipinski definition) is 6. The van der Waals surface area contributed by atoms with Gasteiger partial charge in [0.25, 0.3) is 5.91 Å². The number of hydrogen-bond donors (Lipinski definition) is 1. The zero-order chi connectivity index (χ0) is 23.5. The third-order valence-electron chi connectivity index (χ3n) is 5.97. The number of benzene rings is 2. The molecule has 0 spiro atoms. The van der Waals surface area contributed by atoms with Gasteiger partial charge in [-0.1, -0.05) is 12.1 Å². The van der Waals surface area contributed by atoms with Crippen LogP contribution in [0.1, 0.15) is 34.3 Å². The number of nitrogens with zero attached hydrogens (tertiary/aromatic N) is 3. The second kappa shape index (κ2) is 9.72. The van der Waals surface area contributed by atoms with Crippen molar-refractivity contribution in [1.82, 2.24) is 15.3 Å². The Bertz CT molecular complexity index is 1180. The maximum atomic E-state index is 13.6. The molecule has 34 heavy (non-hydrogen) atoms. The number of nitrogens with one attached hydrogen (secondary N) is 1. The van der Waals surface area contributed by atoms with Crippen molar-refractivity contribution in [3.8, 4) is 5.88 Å². The average Bonchev–Trinajstić information content (AvgIpc) is 3.52. The zero-order valence-corrected chi connectivity index (χ0v) is 18.5. The molecule has 9 heteroatoms. The van der Waals surface area contributed by atoms with Crippen LogP contribution in [-0.2, 0) is 17.8 Å². The highest BCUT2D eigenvalue weighted by atomic mass is 19.1. The molecule has 0 bridgehead atoms. The standard InChI is InChI=1S/C25H24F2N4O3/c26-18-5-3-16(4-6-18)15-34-24-21(23(32)28-13-20-2-1-11-33-20)14-29-25(30-24)31-10-9-17-12-19(27)7-8-22(17)31/h3-8,12,14,20H,1-2,9-11,13,15H2,(H,28,32). The molecule has 1 aromatic heterocycles. The molecule has 2 aliphatic heterocycles. The van der Waals surface area contributed by atoms with E-state index in [1.54, 1.807) is 18.2 Å². The fraction of sp³-hybridized carbons (Fsp3) is 0.320. The van der Waals surface area contributed by atoms with Crippen molar-refractivity contribution in [1.29, 1.82) is 0 Å². The minimum atomic E-state index is -0.361. The number of anilines is 2. The predicted molar refractivity (Wildman–Crippen MR) is 121 cm³/mol. The normalized spacial score (nSPS) is 17.0. The molecule has 0 radical (unpaired) electrons. The summed E-state index contributed by atoms with van der Waals surface area (Å²) < 4.78 is 38.4. The summed E-state index contributed by atoms with van der Waals surface area (Å²) in [5.74, 6) is -0.514.